The zero-order chi connectivity index (χ0) is 18.4. The van der Waals surface area contributed by atoms with Gasteiger partial charge in [-0.15, -0.1) is 0 Å². The molecule has 0 fully saturated rings. The molecule has 1 heterocycles. The number of hydrogen-bond acceptors (Lipinski definition) is 2. The number of para-hydroxylation sites is 1. The first-order chi connectivity index (χ1) is 12.7. The minimum atomic E-state index is -0.176. The summed E-state index contributed by atoms with van der Waals surface area (Å²) < 4.78 is 0. The Kier molecular flexibility index (Phi) is 5.62. The highest BCUT2D eigenvalue weighted by molar-refractivity contribution is 6.35. The van der Waals surface area contributed by atoms with E-state index >= 15 is 0 Å². The molecule has 0 saturated carbocycles. The van der Waals surface area contributed by atoms with E-state index in [9.17, 15) is 4.79 Å². The van der Waals surface area contributed by atoms with E-state index in [0.29, 0.717) is 11.3 Å². The van der Waals surface area contributed by atoms with Gasteiger partial charge in [-0.2, -0.15) is 10.1 Å². The van der Waals surface area contributed by atoms with Gasteiger partial charge in [0, 0.05) is 10.6 Å². The van der Waals surface area contributed by atoms with Gasteiger partial charge in [-0.25, -0.2) is 0 Å². The average molecular weight is 361 g/mol. The van der Waals surface area contributed by atoms with Crippen molar-refractivity contribution in [1.29, 1.82) is 0 Å². The molecule has 3 nitrogen and oxygen atoms in total. The van der Waals surface area contributed by atoms with Gasteiger partial charge in [0.2, 0.25) is 0 Å². The Labute approximate surface area is 157 Å². The van der Waals surface area contributed by atoms with E-state index in [-0.39, 0.29) is 5.91 Å². The summed E-state index contributed by atoms with van der Waals surface area (Å²) in [5.74, 6) is -0.176. The molecule has 0 atom stereocenters. The Morgan fingerprint density at radius 1 is 0.769 bits per heavy atom. The van der Waals surface area contributed by atoms with Crippen LogP contribution in [0.15, 0.2) is 108 Å². The van der Waals surface area contributed by atoms with Crippen molar-refractivity contribution in [2.45, 2.75) is 0 Å². The third kappa shape index (κ3) is 4.08. The van der Waals surface area contributed by atoms with Gasteiger partial charge in [0.05, 0.1) is 11.3 Å². The van der Waals surface area contributed by atoms with Crippen LogP contribution in [0.2, 0.25) is 5.02 Å². The lowest BCUT2D eigenvalue weighted by molar-refractivity contribution is -0.114. The van der Waals surface area contributed by atoms with Crippen molar-refractivity contribution in [3.8, 4) is 0 Å². The Hall–Kier alpha value is -3.17. The van der Waals surface area contributed by atoms with E-state index in [4.69, 9.17) is 11.6 Å². The molecule has 3 aromatic carbocycles. The molecule has 0 spiro atoms. The number of carbonyl (C=O) groups excluding carboxylic acids is 1. The fourth-order valence-electron chi connectivity index (χ4n) is 2.42. The van der Waals surface area contributed by atoms with Gasteiger partial charge in [0.25, 0.3) is 5.91 Å². The fraction of sp³-hybridized carbons (Fsp3) is 0. The van der Waals surface area contributed by atoms with Gasteiger partial charge >= 0.3 is 0 Å². The topological polar surface area (TPSA) is 32.7 Å². The molecule has 128 valence electrons. The first-order valence-electron chi connectivity index (χ1n) is 8.10. The van der Waals surface area contributed by atoms with Gasteiger partial charge in [0.1, 0.15) is 5.71 Å². The first-order valence-corrected chi connectivity index (χ1v) is 8.48. The molecule has 0 saturated heterocycles. The third-order valence-electron chi connectivity index (χ3n) is 3.72. The summed E-state index contributed by atoms with van der Waals surface area (Å²) in [5.41, 5.74) is 2.71. The predicted molar refractivity (Wildman–Crippen MR) is 107 cm³/mol. The van der Waals surface area contributed by atoms with E-state index in [2.05, 4.69) is 11.7 Å². The van der Waals surface area contributed by atoms with Crippen LogP contribution in [-0.2, 0) is 4.79 Å². The fourth-order valence-corrected chi connectivity index (χ4v) is 2.57. The third-order valence-corrected chi connectivity index (χ3v) is 3.97. The van der Waals surface area contributed by atoms with Gasteiger partial charge in [0.15, 0.2) is 0 Å². The zero-order valence-electron chi connectivity index (χ0n) is 14.0. The Balaban J connectivity index is 0.000000236. The maximum atomic E-state index is 12.2. The molecular formula is C22H17ClN2O. The number of hydrazone groups is 1. The number of rotatable bonds is 2. The lowest BCUT2D eigenvalue weighted by atomic mass is 10.0. The quantitative estimate of drug-likeness (QED) is 0.568. The van der Waals surface area contributed by atoms with Gasteiger partial charge in [-0.05, 0) is 24.3 Å². The first kappa shape index (κ1) is 17.6. The summed E-state index contributed by atoms with van der Waals surface area (Å²) in [7, 11) is 0. The number of anilines is 1. The van der Waals surface area contributed by atoms with Crippen molar-refractivity contribution in [2.24, 2.45) is 5.10 Å². The number of amides is 1. The maximum Gasteiger partial charge on any atom is 0.280 e. The van der Waals surface area contributed by atoms with E-state index in [0.717, 1.165) is 16.3 Å². The van der Waals surface area contributed by atoms with Crippen LogP contribution in [0, 0.1) is 0 Å². The zero-order valence-corrected chi connectivity index (χ0v) is 14.8. The lowest BCUT2D eigenvalue weighted by Gasteiger charge is -2.10. The van der Waals surface area contributed by atoms with Crippen LogP contribution in [0.25, 0.3) is 0 Å². The summed E-state index contributed by atoms with van der Waals surface area (Å²) in [6.45, 7) is 3.85. The Morgan fingerprint density at radius 3 is 1.77 bits per heavy atom. The lowest BCUT2D eigenvalue weighted by Crippen LogP contribution is -2.20. The highest BCUT2D eigenvalue weighted by atomic mass is 35.5. The SMILES string of the molecule is C=C1C(=O)N(c2ccccc2)N=C1c1ccccc1.Clc1ccccc1. The highest BCUT2D eigenvalue weighted by Gasteiger charge is 2.30. The highest BCUT2D eigenvalue weighted by Crippen LogP contribution is 2.24. The number of halogens is 1. The van der Waals surface area contributed by atoms with Crippen LogP contribution < -0.4 is 5.01 Å². The molecule has 0 aliphatic carbocycles. The van der Waals surface area contributed by atoms with Crippen LogP contribution in [0.3, 0.4) is 0 Å². The monoisotopic (exact) mass is 360 g/mol. The molecule has 1 aliphatic rings. The predicted octanol–water partition coefficient (Wildman–Crippen LogP) is 5.33. The average Bonchev–Trinajstić information content (AvgIpc) is 2.99. The van der Waals surface area contributed by atoms with Crippen LogP contribution in [0.1, 0.15) is 5.56 Å². The second-order valence-corrected chi connectivity index (χ2v) is 5.98. The van der Waals surface area contributed by atoms with Crippen LogP contribution in [0.4, 0.5) is 5.69 Å². The van der Waals surface area contributed by atoms with Crippen molar-refractivity contribution in [1.82, 2.24) is 0 Å². The number of benzene rings is 3. The summed E-state index contributed by atoms with van der Waals surface area (Å²) in [5, 5.41) is 6.58. The van der Waals surface area contributed by atoms with E-state index in [1.165, 1.54) is 5.01 Å². The van der Waals surface area contributed by atoms with Crippen molar-refractivity contribution >= 4 is 28.9 Å². The van der Waals surface area contributed by atoms with E-state index < -0.39 is 0 Å². The van der Waals surface area contributed by atoms with Crippen LogP contribution in [-0.4, -0.2) is 11.6 Å². The van der Waals surface area contributed by atoms with E-state index in [1.54, 1.807) is 0 Å². The van der Waals surface area contributed by atoms with Gasteiger partial charge in [-0.3, -0.25) is 4.79 Å². The molecule has 0 N–H and O–H groups in total. The normalized spacial score (nSPS) is 13.1. The minimum Gasteiger partial charge on any atom is -0.267 e. The molecule has 0 radical (unpaired) electrons. The second kappa shape index (κ2) is 8.28. The van der Waals surface area contributed by atoms with Crippen LogP contribution in [0.5, 0.6) is 0 Å². The summed E-state index contributed by atoms with van der Waals surface area (Å²) in [4.78, 5) is 12.2. The maximum absolute atomic E-state index is 12.2. The molecule has 4 rings (SSSR count). The number of hydrogen-bond donors (Lipinski definition) is 0. The summed E-state index contributed by atoms with van der Waals surface area (Å²) >= 11 is 5.54. The molecule has 1 aliphatic heterocycles. The largest absolute Gasteiger partial charge is 0.280 e. The minimum absolute atomic E-state index is 0.176. The van der Waals surface area contributed by atoms with Crippen LogP contribution >= 0.6 is 11.6 Å². The standard InChI is InChI=1S/C16H12N2O.C6H5Cl/c1-12-15(13-8-4-2-5-9-13)17-18(16(12)19)14-10-6-3-7-11-14;7-6-4-2-1-3-5-6/h2-11H,1H2;1-5H. The molecule has 0 aromatic heterocycles. The smallest absolute Gasteiger partial charge is 0.267 e. The van der Waals surface area contributed by atoms with Crippen molar-refractivity contribution in [2.75, 3.05) is 5.01 Å². The van der Waals surface area contributed by atoms with Crippen molar-refractivity contribution < 1.29 is 4.79 Å². The molecule has 0 bridgehead atoms. The molecule has 0 unspecified atom stereocenters. The molecule has 4 heteroatoms. The Morgan fingerprint density at radius 2 is 1.27 bits per heavy atom. The number of nitrogens with zero attached hydrogens (tertiary/aromatic N) is 2. The molecule has 1 amide bonds. The molecule has 26 heavy (non-hydrogen) atoms. The van der Waals surface area contributed by atoms with Gasteiger partial charge in [-0.1, -0.05) is 84.9 Å². The van der Waals surface area contributed by atoms with Crippen molar-refractivity contribution in [3.05, 3.63) is 114 Å². The molecular weight excluding hydrogens is 344 g/mol. The van der Waals surface area contributed by atoms with Gasteiger partial charge < -0.3 is 0 Å². The van der Waals surface area contributed by atoms with Crippen molar-refractivity contribution in [3.63, 3.8) is 0 Å². The summed E-state index contributed by atoms with van der Waals surface area (Å²) in [6, 6.07) is 28.4. The summed E-state index contributed by atoms with van der Waals surface area (Å²) in [6.07, 6.45) is 0. The Bertz CT molecular complexity index is 922. The van der Waals surface area contributed by atoms with E-state index in [1.807, 2.05) is 91.0 Å². The number of carbonyl (C=O) groups is 1. The second-order valence-electron chi connectivity index (χ2n) is 5.54. The molecule has 3 aromatic rings.